The Hall–Kier alpha value is -5.00. The number of fused-ring (bicyclic) bond motifs is 6. The third-order valence-corrected chi connectivity index (χ3v) is 13.7. The molecule has 4 aromatic heterocycles. The Morgan fingerprint density at radius 1 is 0.449 bits per heavy atom. The number of hydrogen-bond donors (Lipinski definition) is 0. The van der Waals surface area contributed by atoms with Crippen LogP contribution in [0, 0.1) is 0 Å². The summed E-state index contributed by atoms with van der Waals surface area (Å²) in [6.45, 7) is 18.4. The van der Waals surface area contributed by atoms with Gasteiger partial charge in [0.25, 0.3) is 0 Å². The Morgan fingerprint density at radius 2 is 0.816 bits per heavy atom. The Bertz CT molecular complexity index is 2350. The van der Waals surface area contributed by atoms with Crippen molar-refractivity contribution in [3.63, 3.8) is 0 Å². The average Bonchev–Trinajstić information content (AvgIpc) is 3.59. The molecule has 8 rings (SSSR count). The molecule has 4 nitrogen and oxygen atoms in total. The second-order valence-corrected chi connectivity index (χ2v) is 20.5. The van der Waals surface area contributed by atoms with Gasteiger partial charge in [-0.15, -0.1) is 0 Å². The standard InChI is InChI=1S/C44H44N4Si/c1-43(2,3)39-25-23-37-41(45-39)33-27-31(19-21-35(33)47(37)29-15-11-9-12-16-29)49(7,8)32-20-22-36-34(28-32)42-38(24-26-40(46-42)44(4,5)6)48(36)30-17-13-10-14-18-30/h9-28H,1-8H3. The van der Waals surface area contributed by atoms with E-state index in [0.717, 1.165) is 44.8 Å². The maximum atomic E-state index is 5.33. The molecule has 0 radical (unpaired) electrons. The molecule has 0 fully saturated rings. The maximum Gasteiger partial charge on any atom is 0.112 e. The van der Waals surface area contributed by atoms with Crippen molar-refractivity contribution in [2.45, 2.75) is 65.5 Å². The van der Waals surface area contributed by atoms with Crippen LogP contribution in [0.3, 0.4) is 0 Å². The van der Waals surface area contributed by atoms with E-state index in [1.807, 2.05) is 0 Å². The van der Waals surface area contributed by atoms with Crippen LogP contribution in [0.15, 0.2) is 121 Å². The fourth-order valence-corrected chi connectivity index (χ4v) is 9.60. The molecule has 0 N–H and O–H groups in total. The summed E-state index contributed by atoms with van der Waals surface area (Å²) in [4.78, 5) is 10.7. The van der Waals surface area contributed by atoms with E-state index in [0.29, 0.717) is 0 Å². The normalized spacial score (nSPS) is 12.9. The Balaban J connectivity index is 1.35. The molecule has 0 aliphatic carbocycles. The molecule has 4 aromatic carbocycles. The van der Waals surface area contributed by atoms with Crippen LogP contribution in [0.25, 0.3) is 55.2 Å². The quantitative estimate of drug-likeness (QED) is 0.177. The largest absolute Gasteiger partial charge is 0.308 e. The van der Waals surface area contributed by atoms with E-state index < -0.39 is 8.07 Å². The molecule has 0 unspecified atom stereocenters. The molecule has 244 valence electrons. The second-order valence-electron chi connectivity index (χ2n) is 16.1. The lowest BCUT2D eigenvalue weighted by Gasteiger charge is -2.24. The van der Waals surface area contributed by atoms with Crippen LogP contribution in [0.1, 0.15) is 52.9 Å². The van der Waals surface area contributed by atoms with Crippen molar-refractivity contribution >= 4 is 62.3 Å². The summed E-state index contributed by atoms with van der Waals surface area (Å²) in [5, 5.41) is 5.21. The van der Waals surface area contributed by atoms with E-state index in [9.17, 15) is 0 Å². The molecular weight excluding hydrogens is 613 g/mol. The molecule has 5 heteroatoms. The van der Waals surface area contributed by atoms with Crippen molar-refractivity contribution < 1.29 is 0 Å². The molecule has 0 bridgehead atoms. The van der Waals surface area contributed by atoms with Crippen molar-refractivity contribution in [2.24, 2.45) is 0 Å². The number of hydrogen-bond acceptors (Lipinski definition) is 2. The summed E-state index contributed by atoms with van der Waals surface area (Å²) in [5.41, 5.74) is 11.2. The molecule has 0 saturated carbocycles. The number of aromatic nitrogens is 4. The fourth-order valence-electron chi connectivity index (χ4n) is 7.25. The lowest BCUT2D eigenvalue weighted by Crippen LogP contribution is -2.52. The number of pyridine rings is 2. The highest BCUT2D eigenvalue weighted by Gasteiger charge is 2.29. The van der Waals surface area contributed by atoms with Crippen LogP contribution in [-0.4, -0.2) is 27.2 Å². The average molecular weight is 657 g/mol. The van der Waals surface area contributed by atoms with Gasteiger partial charge in [-0.1, -0.05) is 126 Å². The predicted octanol–water partition coefficient (Wildman–Crippen LogP) is 10.1. The highest BCUT2D eigenvalue weighted by Crippen LogP contribution is 2.35. The third kappa shape index (κ3) is 5.10. The molecule has 8 aromatic rings. The summed E-state index contributed by atoms with van der Waals surface area (Å²) in [6.07, 6.45) is 0. The van der Waals surface area contributed by atoms with Gasteiger partial charge < -0.3 is 9.13 Å². The van der Waals surface area contributed by atoms with Crippen LogP contribution in [0.5, 0.6) is 0 Å². The summed E-state index contributed by atoms with van der Waals surface area (Å²) in [6, 6.07) is 44.5. The number of para-hydroxylation sites is 2. The smallest absolute Gasteiger partial charge is 0.112 e. The number of benzene rings is 4. The third-order valence-electron chi connectivity index (χ3n) is 10.2. The zero-order valence-corrected chi connectivity index (χ0v) is 30.8. The van der Waals surface area contributed by atoms with Crippen LogP contribution < -0.4 is 10.4 Å². The van der Waals surface area contributed by atoms with Gasteiger partial charge >= 0.3 is 0 Å². The Morgan fingerprint density at radius 3 is 1.18 bits per heavy atom. The lowest BCUT2D eigenvalue weighted by molar-refractivity contribution is 0.571. The number of rotatable bonds is 4. The van der Waals surface area contributed by atoms with Crippen LogP contribution in [0.2, 0.25) is 13.1 Å². The van der Waals surface area contributed by atoms with Crippen molar-refractivity contribution in [2.75, 3.05) is 0 Å². The fraction of sp³-hybridized carbons (Fsp3) is 0.227. The molecular formula is C44H44N4Si. The van der Waals surface area contributed by atoms with Gasteiger partial charge in [0.2, 0.25) is 0 Å². The predicted molar refractivity (Wildman–Crippen MR) is 211 cm³/mol. The van der Waals surface area contributed by atoms with Gasteiger partial charge in [0.05, 0.1) is 33.1 Å². The zero-order chi connectivity index (χ0) is 34.3. The molecule has 49 heavy (non-hydrogen) atoms. The molecule has 0 aliphatic rings. The lowest BCUT2D eigenvalue weighted by atomic mass is 9.91. The van der Waals surface area contributed by atoms with E-state index in [1.54, 1.807) is 0 Å². The minimum atomic E-state index is -2.18. The number of nitrogens with zero attached hydrogens (tertiary/aromatic N) is 4. The first kappa shape index (κ1) is 31.3. The van der Waals surface area contributed by atoms with Gasteiger partial charge in [-0.3, -0.25) is 0 Å². The topological polar surface area (TPSA) is 35.6 Å². The van der Waals surface area contributed by atoms with E-state index >= 15 is 0 Å². The molecule has 4 heterocycles. The highest BCUT2D eigenvalue weighted by atomic mass is 28.3. The maximum absolute atomic E-state index is 5.33. The molecule has 0 aliphatic heterocycles. The van der Waals surface area contributed by atoms with Gasteiger partial charge in [-0.2, -0.15) is 0 Å². The van der Waals surface area contributed by atoms with Crippen molar-refractivity contribution in [3.8, 4) is 11.4 Å². The SMILES string of the molecule is CC(C)(C)c1ccc2c(n1)c1cc([Si](C)(C)c3ccc4c(c3)c3nc(C(C)(C)C)ccc3n4-c3ccccc3)ccc1n2-c1ccccc1. The van der Waals surface area contributed by atoms with Crippen molar-refractivity contribution in [1.29, 1.82) is 0 Å². The second kappa shape index (κ2) is 11.0. The molecule has 0 saturated heterocycles. The highest BCUT2D eigenvalue weighted by molar-refractivity contribution is 7.00. The summed E-state index contributed by atoms with van der Waals surface area (Å²) in [5.74, 6) is 0. The minimum absolute atomic E-state index is 0.0454. The van der Waals surface area contributed by atoms with Gasteiger partial charge in [0, 0.05) is 44.4 Å². The van der Waals surface area contributed by atoms with E-state index in [1.165, 1.54) is 32.2 Å². The van der Waals surface area contributed by atoms with E-state index in [2.05, 4.69) is 185 Å². The Labute approximate surface area is 290 Å². The van der Waals surface area contributed by atoms with Crippen molar-refractivity contribution in [1.82, 2.24) is 19.1 Å². The summed E-state index contributed by atoms with van der Waals surface area (Å²) < 4.78 is 4.73. The van der Waals surface area contributed by atoms with Gasteiger partial charge in [0.1, 0.15) is 8.07 Å². The van der Waals surface area contributed by atoms with Crippen LogP contribution in [-0.2, 0) is 10.8 Å². The monoisotopic (exact) mass is 656 g/mol. The summed E-state index contributed by atoms with van der Waals surface area (Å²) >= 11 is 0. The van der Waals surface area contributed by atoms with E-state index in [-0.39, 0.29) is 10.8 Å². The van der Waals surface area contributed by atoms with Crippen LogP contribution in [0.4, 0.5) is 0 Å². The van der Waals surface area contributed by atoms with Gasteiger partial charge in [-0.05, 0) is 60.7 Å². The Kier molecular flexibility index (Phi) is 7.03. The van der Waals surface area contributed by atoms with Crippen molar-refractivity contribution in [3.05, 3.63) is 133 Å². The van der Waals surface area contributed by atoms with Gasteiger partial charge in [-0.25, -0.2) is 9.97 Å². The molecule has 0 spiro atoms. The first-order valence-electron chi connectivity index (χ1n) is 17.4. The first-order valence-corrected chi connectivity index (χ1v) is 20.4. The van der Waals surface area contributed by atoms with E-state index in [4.69, 9.17) is 9.97 Å². The molecule has 0 amide bonds. The zero-order valence-electron chi connectivity index (χ0n) is 29.8. The molecule has 0 atom stereocenters. The summed E-state index contributed by atoms with van der Waals surface area (Å²) in [7, 11) is -2.18. The van der Waals surface area contributed by atoms with Crippen LogP contribution >= 0.6 is 0 Å². The minimum Gasteiger partial charge on any atom is -0.308 e. The van der Waals surface area contributed by atoms with Gasteiger partial charge in [0.15, 0.2) is 0 Å². The first-order chi connectivity index (χ1) is 23.3.